The van der Waals surface area contributed by atoms with E-state index in [0.717, 1.165) is 36.1 Å². The number of nitrogens with zero attached hydrogens (tertiary/aromatic N) is 1. The van der Waals surface area contributed by atoms with E-state index in [1.165, 1.54) is 0 Å². The number of aliphatic hydroxyl groups excluding tert-OH is 2. The van der Waals surface area contributed by atoms with Crippen LogP contribution in [0, 0.1) is 0 Å². The molecule has 7 nitrogen and oxygen atoms in total. The zero-order valence-electron chi connectivity index (χ0n) is 16.0. The largest absolute Gasteiger partial charge is 0.497 e. The summed E-state index contributed by atoms with van der Waals surface area (Å²) in [4.78, 5) is 1.91. The second-order valence-corrected chi connectivity index (χ2v) is 5.52. The summed E-state index contributed by atoms with van der Waals surface area (Å²) < 4.78 is 14.5. The Hall–Kier alpha value is -2.48. The molecule has 0 spiro atoms. The predicted octanol–water partition coefficient (Wildman–Crippen LogP) is 1.78. The predicted molar refractivity (Wildman–Crippen MR) is 108 cm³/mol. The van der Waals surface area contributed by atoms with Gasteiger partial charge in [0.15, 0.2) is 0 Å². The van der Waals surface area contributed by atoms with Crippen LogP contribution in [0.4, 0.5) is 11.4 Å². The maximum absolute atomic E-state index is 8.90. The molecule has 1 aliphatic heterocycles. The highest BCUT2D eigenvalue weighted by Gasteiger charge is 2.05. The van der Waals surface area contributed by atoms with Crippen molar-refractivity contribution in [2.45, 2.75) is 0 Å². The second-order valence-electron chi connectivity index (χ2n) is 5.52. The number of ether oxygens (including phenoxy) is 3. The minimum atomic E-state index is 0.0667. The van der Waals surface area contributed by atoms with Gasteiger partial charge in [-0.2, -0.15) is 0 Å². The van der Waals surface area contributed by atoms with Crippen LogP contribution >= 0.6 is 0 Å². The van der Waals surface area contributed by atoms with Crippen molar-refractivity contribution < 1.29 is 24.4 Å². The molecule has 0 radical (unpaired) electrons. The van der Waals surface area contributed by atoms with E-state index in [0.29, 0.717) is 13.1 Å². The maximum atomic E-state index is 8.90. The normalized spacial score (nSPS) is 11.3. The van der Waals surface area contributed by atoms with Crippen LogP contribution in [0.25, 0.3) is 0 Å². The number of aliphatic hydroxyl groups is 2. The lowest BCUT2D eigenvalue weighted by Crippen LogP contribution is -2.29. The van der Waals surface area contributed by atoms with Gasteiger partial charge in [0.2, 0.25) is 0 Å². The Kier molecular flexibility index (Phi) is 11.4. The van der Waals surface area contributed by atoms with Gasteiger partial charge in [-0.05, 0) is 24.3 Å². The Morgan fingerprint density at radius 1 is 0.926 bits per heavy atom. The molecule has 7 heteroatoms. The Bertz CT molecular complexity index is 629. The van der Waals surface area contributed by atoms with Crippen molar-refractivity contribution in [1.82, 2.24) is 0 Å². The van der Waals surface area contributed by atoms with Gasteiger partial charge in [-0.25, -0.2) is 0 Å². The van der Waals surface area contributed by atoms with E-state index >= 15 is 0 Å². The van der Waals surface area contributed by atoms with E-state index in [9.17, 15) is 0 Å². The average molecular weight is 378 g/mol. The van der Waals surface area contributed by atoms with Crippen molar-refractivity contribution >= 4 is 11.4 Å². The van der Waals surface area contributed by atoms with Gasteiger partial charge >= 0.3 is 0 Å². The van der Waals surface area contributed by atoms with Crippen molar-refractivity contribution in [1.29, 1.82) is 0 Å². The van der Waals surface area contributed by atoms with Gasteiger partial charge in [0.05, 0.1) is 40.6 Å². The first kappa shape index (κ1) is 22.6. The number of nitrogen functional groups attached to an aromatic ring is 1. The van der Waals surface area contributed by atoms with Crippen molar-refractivity contribution in [2.24, 2.45) is 0 Å². The van der Waals surface area contributed by atoms with Crippen molar-refractivity contribution in [3.05, 3.63) is 48.5 Å². The van der Waals surface area contributed by atoms with E-state index in [-0.39, 0.29) is 13.2 Å². The third kappa shape index (κ3) is 10.3. The first-order chi connectivity index (χ1) is 13.1. The molecule has 0 amide bonds. The van der Waals surface area contributed by atoms with E-state index in [1.54, 1.807) is 20.3 Å². The first-order valence-corrected chi connectivity index (χ1v) is 8.72. The summed E-state index contributed by atoms with van der Waals surface area (Å²) in [5.74, 6) is 1.57. The topological polar surface area (TPSA) is 101 Å². The molecule has 0 aliphatic carbocycles. The molecular weight excluding hydrogens is 348 g/mol. The molecular formula is C20H30N2O5. The lowest BCUT2D eigenvalue weighted by molar-refractivity contribution is 0.281. The van der Waals surface area contributed by atoms with Gasteiger partial charge in [0.25, 0.3) is 0 Å². The van der Waals surface area contributed by atoms with E-state index in [4.69, 9.17) is 25.4 Å². The lowest BCUT2D eigenvalue weighted by Gasteiger charge is -2.23. The van der Waals surface area contributed by atoms with Gasteiger partial charge in [-0.15, -0.1) is 0 Å². The monoisotopic (exact) mass is 378 g/mol. The van der Waals surface area contributed by atoms with Crippen LogP contribution in [0.5, 0.6) is 11.5 Å². The molecule has 1 aliphatic rings. The number of methoxy groups -OCH3 is 2. The number of benzene rings is 2. The Labute approximate surface area is 160 Å². The minimum Gasteiger partial charge on any atom is -0.497 e. The fraction of sp³-hybridized carbons (Fsp3) is 0.400. The lowest BCUT2D eigenvalue weighted by atomic mass is 10.2. The highest BCUT2D eigenvalue weighted by molar-refractivity contribution is 5.50. The molecule has 1 saturated heterocycles. The molecule has 2 aromatic carbocycles. The molecule has 2 aromatic rings. The SMILES string of the molecule is C1CO1.COc1cccc(N(CCO)CCO)c1.COc1cccc(N)c1. The zero-order valence-corrected chi connectivity index (χ0v) is 16.0. The summed E-state index contributed by atoms with van der Waals surface area (Å²) in [6.45, 7) is 3.15. The summed E-state index contributed by atoms with van der Waals surface area (Å²) in [7, 11) is 3.23. The maximum Gasteiger partial charge on any atom is 0.120 e. The minimum absolute atomic E-state index is 0.0667. The van der Waals surface area contributed by atoms with E-state index in [1.807, 2.05) is 47.4 Å². The molecule has 150 valence electrons. The van der Waals surface area contributed by atoms with Gasteiger partial charge in [-0.3, -0.25) is 0 Å². The Morgan fingerprint density at radius 3 is 1.85 bits per heavy atom. The third-order valence-electron chi connectivity index (χ3n) is 3.46. The van der Waals surface area contributed by atoms with Crippen LogP contribution in [-0.4, -0.2) is 63.9 Å². The summed E-state index contributed by atoms with van der Waals surface area (Å²) in [6, 6.07) is 14.9. The third-order valence-corrected chi connectivity index (χ3v) is 3.46. The summed E-state index contributed by atoms with van der Waals surface area (Å²) >= 11 is 0. The standard InChI is InChI=1S/C11H17NO3.C7H9NO.C2H4O/c1-15-11-4-2-3-10(9-11)12(5-7-13)6-8-14;1-9-7-4-2-3-6(8)5-7;1-2-3-1/h2-4,9,13-14H,5-8H2,1H3;2-5H,8H2,1H3;1-2H2. The molecule has 0 unspecified atom stereocenters. The molecule has 27 heavy (non-hydrogen) atoms. The first-order valence-electron chi connectivity index (χ1n) is 8.72. The summed E-state index contributed by atoms with van der Waals surface area (Å²) in [5.41, 5.74) is 7.13. The van der Waals surface area contributed by atoms with Crippen LogP contribution in [0.1, 0.15) is 0 Å². The molecule has 3 rings (SSSR count). The zero-order chi connectivity index (χ0) is 19.9. The fourth-order valence-corrected chi connectivity index (χ4v) is 2.06. The number of rotatable bonds is 7. The highest BCUT2D eigenvalue weighted by Crippen LogP contribution is 2.20. The van der Waals surface area contributed by atoms with Crippen LogP contribution in [0.3, 0.4) is 0 Å². The summed E-state index contributed by atoms with van der Waals surface area (Å²) in [6.07, 6.45) is 0. The number of hydrogen-bond acceptors (Lipinski definition) is 7. The summed E-state index contributed by atoms with van der Waals surface area (Å²) in [5, 5.41) is 17.8. The number of nitrogens with two attached hydrogens (primary N) is 1. The van der Waals surface area contributed by atoms with Gasteiger partial charge < -0.3 is 35.1 Å². The van der Waals surface area contributed by atoms with Crippen LogP contribution in [0.15, 0.2) is 48.5 Å². The van der Waals surface area contributed by atoms with Gasteiger partial charge in [-0.1, -0.05) is 12.1 Å². The van der Waals surface area contributed by atoms with Crippen molar-refractivity contribution in [3.63, 3.8) is 0 Å². The van der Waals surface area contributed by atoms with Crippen LogP contribution in [-0.2, 0) is 4.74 Å². The van der Waals surface area contributed by atoms with Gasteiger partial charge in [0, 0.05) is 36.6 Å². The second kappa shape index (κ2) is 13.7. The molecule has 1 heterocycles. The number of epoxide rings is 1. The van der Waals surface area contributed by atoms with Crippen molar-refractivity contribution in [3.8, 4) is 11.5 Å². The number of hydrogen-bond donors (Lipinski definition) is 3. The Balaban J connectivity index is 0.000000253. The van der Waals surface area contributed by atoms with E-state index < -0.39 is 0 Å². The number of anilines is 2. The molecule has 0 saturated carbocycles. The molecule has 4 N–H and O–H groups in total. The van der Waals surface area contributed by atoms with Crippen LogP contribution in [0.2, 0.25) is 0 Å². The smallest absolute Gasteiger partial charge is 0.120 e. The van der Waals surface area contributed by atoms with Crippen molar-refractivity contribution in [2.75, 3.05) is 64.4 Å². The van der Waals surface area contributed by atoms with E-state index in [2.05, 4.69) is 4.74 Å². The highest BCUT2D eigenvalue weighted by atomic mass is 16.6. The average Bonchev–Trinajstić information content (AvgIpc) is 3.58. The fourth-order valence-electron chi connectivity index (χ4n) is 2.06. The molecule has 0 atom stereocenters. The molecule has 1 fully saturated rings. The Morgan fingerprint density at radius 2 is 1.44 bits per heavy atom. The molecule has 0 bridgehead atoms. The quantitative estimate of drug-likeness (QED) is 0.499. The van der Waals surface area contributed by atoms with Crippen LogP contribution < -0.4 is 20.1 Å². The molecule has 0 aromatic heterocycles. The van der Waals surface area contributed by atoms with Gasteiger partial charge in [0.1, 0.15) is 11.5 Å².